The Hall–Kier alpha value is -4.18. The molecular formula is C34H34O9. The summed E-state index contributed by atoms with van der Waals surface area (Å²) < 4.78 is 38.6. The van der Waals surface area contributed by atoms with Crippen molar-refractivity contribution in [2.75, 3.05) is 52.9 Å². The first-order chi connectivity index (χ1) is 20.8. The van der Waals surface area contributed by atoms with E-state index in [-0.39, 0.29) is 36.4 Å². The quantitative estimate of drug-likeness (QED) is 0.110. The number of hydrogen-bond acceptors (Lipinski definition) is 9. The van der Waals surface area contributed by atoms with Gasteiger partial charge in [-0.3, -0.25) is 0 Å². The van der Waals surface area contributed by atoms with Crippen molar-refractivity contribution in [3.63, 3.8) is 0 Å². The SMILES string of the molecule is CC1(COC(=O)c2ccc3cc(OCCOCCOc4ccc5cc(C(=O)OCC6(C)CO6)ccc5c4)ccc3c2)CO1. The lowest BCUT2D eigenvalue weighted by Gasteiger charge is -2.11. The average Bonchev–Trinajstić information content (AvgIpc) is 3.95. The highest BCUT2D eigenvalue weighted by atomic mass is 16.6. The van der Waals surface area contributed by atoms with E-state index in [9.17, 15) is 9.59 Å². The summed E-state index contributed by atoms with van der Waals surface area (Å²) in [5.41, 5.74) is 0.350. The van der Waals surface area contributed by atoms with E-state index in [0.717, 1.165) is 33.0 Å². The molecule has 9 nitrogen and oxygen atoms in total. The number of rotatable bonds is 14. The van der Waals surface area contributed by atoms with Crippen molar-refractivity contribution in [3.05, 3.63) is 83.9 Å². The molecule has 0 amide bonds. The van der Waals surface area contributed by atoms with E-state index in [2.05, 4.69) is 0 Å². The Morgan fingerprint density at radius 3 is 1.42 bits per heavy atom. The predicted octanol–water partition coefficient (Wildman–Crippen LogP) is 5.36. The maximum Gasteiger partial charge on any atom is 0.338 e. The molecule has 4 aromatic rings. The van der Waals surface area contributed by atoms with Gasteiger partial charge < -0.3 is 33.2 Å². The van der Waals surface area contributed by atoms with Crippen LogP contribution in [0.2, 0.25) is 0 Å². The van der Waals surface area contributed by atoms with Gasteiger partial charge in [0.05, 0.1) is 37.6 Å². The van der Waals surface area contributed by atoms with Crippen LogP contribution in [-0.4, -0.2) is 76.0 Å². The lowest BCUT2D eigenvalue weighted by Crippen LogP contribution is -2.18. The minimum atomic E-state index is -0.358. The third kappa shape index (κ3) is 7.62. The van der Waals surface area contributed by atoms with Gasteiger partial charge in [-0.2, -0.15) is 0 Å². The second-order valence-corrected chi connectivity index (χ2v) is 11.4. The zero-order chi connectivity index (χ0) is 29.9. The fourth-order valence-corrected chi connectivity index (χ4v) is 4.44. The molecule has 2 aliphatic rings. The minimum absolute atomic E-state index is 0.256. The van der Waals surface area contributed by atoms with E-state index >= 15 is 0 Å². The van der Waals surface area contributed by atoms with Gasteiger partial charge in [0.15, 0.2) is 0 Å². The molecule has 2 heterocycles. The van der Waals surface area contributed by atoms with Crippen molar-refractivity contribution in [3.8, 4) is 11.5 Å². The molecule has 43 heavy (non-hydrogen) atoms. The van der Waals surface area contributed by atoms with E-state index in [0.29, 0.717) is 50.8 Å². The Morgan fingerprint density at radius 2 is 1.00 bits per heavy atom. The Balaban J connectivity index is 0.899. The Kier molecular flexibility index (Phi) is 8.21. The van der Waals surface area contributed by atoms with E-state index in [1.54, 1.807) is 12.1 Å². The Bertz CT molecular complexity index is 1520. The summed E-state index contributed by atoms with van der Waals surface area (Å²) in [5, 5.41) is 3.78. The molecular weight excluding hydrogens is 552 g/mol. The number of esters is 2. The maximum atomic E-state index is 12.3. The van der Waals surface area contributed by atoms with Crippen LogP contribution in [-0.2, 0) is 23.7 Å². The van der Waals surface area contributed by atoms with Gasteiger partial charge in [0.1, 0.15) is 49.1 Å². The van der Waals surface area contributed by atoms with Gasteiger partial charge in [-0.1, -0.05) is 24.3 Å². The van der Waals surface area contributed by atoms with E-state index in [1.165, 1.54) is 0 Å². The molecule has 0 N–H and O–H groups in total. The summed E-state index contributed by atoms with van der Waals surface area (Å²) >= 11 is 0. The Labute approximate surface area is 249 Å². The molecule has 2 aliphatic heterocycles. The zero-order valence-electron chi connectivity index (χ0n) is 24.3. The van der Waals surface area contributed by atoms with E-state index < -0.39 is 0 Å². The number of hydrogen-bond donors (Lipinski definition) is 0. The van der Waals surface area contributed by atoms with Gasteiger partial charge in [0.2, 0.25) is 0 Å². The Morgan fingerprint density at radius 1 is 0.605 bits per heavy atom. The van der Waals surface area contributed by atoms with Crippen LogP contribution in [0.4, 0.5) is 0 Å². The van der Waals surface area contributed by atoms with Crippen molar-refractivity contribution in [2.45, 2.75) is 25.0 Å². The van der Waals surface area contributed by atoms with Crippen LogP contribution < -0.4 is 9.47 Å². The number of carbonyl (C=O) groups excluding carboxylic acids is 2. The third-order valence-electron chi connectivity index (χ3n) is 7.38. The van der Waals surface area contributed by atoms with Gasteiger partial charge in [-0.05, 0) is 83.9 Å². The van der Waals surface area contributed by atoms with Crippen LogP contribution in [0.1, 0.15) is 34.6 Å². The van der Waals surface area contributed by atoms with E-state index in [4.69, 9.17) is 33.2 Å². The summed E-state index contributed by atoms with van der Waals surface area (Å²) in [4.78, 5) is 24.7. The van der Waals surface area contributed by atoms with Crippen LogP contribution in [0, 0.1) is 0 Å². The largest absolute Gasteiger partial charge is 0.491 e. The van der Waals surface area contributed by atoms with Crippen molar-refractivity contribution < 1.29 is 42.7 Å². The van der Waals surface area contributed by atoms with Gasteiger partial charge >= 0.3 is 11.9 Å². The maximum absolute atomic E-state index is 12.3. The summed E-state index contributed by atoms with van der Waals surface area (Å²) in [6, 6.07) is 22.3. The third-order valence-corrected chi connectivity index (χ3v) is 7.38. The second kappa shape index (κ2) is 12.2. The molecule has 2 unspecified atom stereocenters. The fraction of sp³-hybridized carbons (Fsp3) is 0.353. The lowest BCUT2D eigenvalue weighted by molar-refractivity contribution is 0.0404. The van der Waals surface area contributed by atoms with Gasteiger partial charge in [0, 0.05) is 0 Å². The molecule has 0 aromatic heterocycles. The normalized spacial score (nSPS) is 20.5. The van der Waals surface area contributed by atoms with Crippen LogP contribution in [0.5, 0.6) is 11.5 Å². The van der Waals surface area contributed by atoms with Gasteiger partial charge in [0.25, 0.3) is 0 Å². The minimum Gasteiger partial charge on any atom is -0.491 e. The smallest absolute Gasteiger partial charge is 0.338 e. The highest BCUT2D eigenvalue weighted by molar-refractivity contribution is 5.96. The molecule has 2 atom stereocenters. The number of epoxide rings is 2. The highest BCUT2D eigenvalue weighted by Crippen LogP contribution is 2.28. The molecule has 4 aromatic carbocycles. The molecule has 0 radical (unpaired) electrons. The molecule has 2 fully saturated rings. The molecule has 0 spiro atoms. The predicted molar refractivity (Wildman–Crippen MR) is 159 cm³/mol. The molecule has 0 bridgehead atoms. The molecule has 2 saturated heterocycles. The van der Waals surface area contributed by atoms with Crippen molar-refractivity contribution in [1.82, 2.24) is 0 Å². The number of fused-ring (bicyclic) bond motifs is 2. The summed E-state index contributed by atoms with van der Waals surface area (Å²) in [7, 11) is 0. The summed E-state index contributed by atoms with van der Waals surface area (Å²) in [6.07, 6.45) is 0. The number of carbonyl (C=O) groups is 2. The topological polar surface area (TPSA) is 105 Å². The lowest BCUT2D eigenvalue weighted by atomic mass is 10.1. The summed E-state index contributed by atoms with van der Waals surface area (Å²) in [6.45, 7) is 7.19. The van der Waals surface area contributed by atoms with Crippen LogP contribution in [0.25, 0.3) is 21.5 Å². The van der Waals surface area contributed by atoms with Crippen molar-refractivity contribution in [2.24, 2.45) is 0 Å². The second-order valence-electron chi connectivity index (χ2n) is 11.4. The monoisotopic (exact) mass is 586 g/mol. The van der Waals surface area contributed by atoms with E-state index in [1.807, 2.05) is 74.5 Å². The molecule has 9 heteroatoms. The molecule has 224 valence electrons. The fourth-order valence-electron chi connectivity index (χ4n) is 4.44. The zero-order valence-corrected chi connectivity index (χ0v) is 24.3. The van der Waals surface area contributed by atoms with Gasteiger partial charge in [-0.25, -0.2) is 9.59 Å². The van der Waals surface area contributed by atoms with Gasteiger partial charge in [-0.15, -0.1) is 0 Å². The van der Waals surface area contributed by atoms with Crippen molar-refractivity contribution in [1.29, 1.82) is 0 Å². The average molecular weight is 587 g/mol. The first-order valence-electron chi connectivity index (χ1n) is 14.3. The highest BCUT2D eigenvalue weighted by Gasteiger charge is 2.41. The summed E-state index contributed by atoms with van der Waals surface area (Å²) in [5.74, 6) is 0.729. The van der Waals surface area contributed by atoms with Crippen LogP contribution >= 0.6 is 0 Å². The van der Waals surface area contributed by atoms with Crippen molar-refractivity contribution >= 4 is 33.5 Å². The first-order valence-corrected chi connectivity index (χ1v) is 14.3. The molecule has 0 saturated carbocycles. The van der Waals surface area contributed by atoms with Crippen LogP contribution in [0.3, 0.4) is 0 Å². The molecule has 6 rings (SSSR count). The number of benzene rings is 4. The van der Waals surface area contributed by atoms with Crippen LogP contribution in [0.15, 0.2) is 72.8 Å². The first kappa shape index (κ1) is 28.9. The molecule has 0 aliphatic carbocycles. The number of ether oxygens (including phenoxy) is 7. The standard InChI is InChI=1S/C34H34O9/c1-33(21-42-33)19-40-31(35)27-5-3-25-17-29(9-7-23(25)15-27)38-13-11-37-12-14-39-30-10-8-24-16-28(6-4-26(24)18-30)32(36)41-20-34(2)22-43-34/h3-10,15-18H,11-14,19-22H2,1-2H3.